The highest BCUT2D eigenvalue weighted by Crippen LogP contribution is 2.31. The lowest BCUT2D eigenvalue weighted by atomic mass is 9.87. The first-order chi connectivity index (χ1) is 21.5. The summed E-state index contributed by atoms with van der Waals surface area (Å²) in [6.07, 6.45) is 1.96. The molecule has 3 rings (SSSR count). The predicted molar refractivity (Wildman–Crippen MR) is 172 cm³/mol. The normalized spacial score (nSPS) is 12.2. The van der Waals surface area contributed by atoms with Gasteiger partial charge in [0.25, 0.3) is 11.5 Å². The second-order valence-corrected chi connectivity index (χ2v) is 12.4. The Bertz CT molecular complexity index is 1700. The molecule has 14 nitrogen and oxygen atoms in total. The number of nitrogens with zero attached hydrogens (tertiary/aromatic N) is 5. The minimum atomic E-state index is -1.28. The molecule has 46 heavy (non-hydrogen) atoms. The van der Waals surface area contributed by atoms with E-state index >= 15 is 0 Å². The van der Waals surface area contributed by atoms with Crippen LogP contribution in [0.2, 0.25) is 0 Å². The molecule has 3 aromatic rings. The molecule has 3 amide bonds. The van der Waals surface area contributed by atoms with Crippen molar-refractivity contribution in [3.05, 3.63) is 64.4 Å². The molecule has 0 spiro atoms. The number of ether oxygens (including phenoxy) is 2. The first-order valence-corrected chi connectivity index (χ1v) is 14.6. The average molecular weight is 639 g/mol. The van der Waals surface area contributed by atoms with Crippen molar-refractivity contribution in [3.63, 3.8) is 0 Å². The zero-order valence-corrected chi connectivity index (χ0v) is 27.5. The van der Waals surface area contributed by atoms with Gasteiger partial charge in [-0.2, -0.15) is 0 Å². The lowest BCUT2D eigenvalue weighted by Gasteiger charge is -2.19. The summed E-state index contributed by atoms with van der Waals surface area (Å²) in [6.45, 7) is 5.95. The number of carbonyl (C=O) groups excluding carboxylic acids is 3. The quantitative estimate of drug-likeness (QED) is 0.297. The molecule has 0 saturated heterocycles. The Hall–Kier alpha value is -5.14. The van der Waals surface area contributed by atoms with E-state index < -0.39 is 29.8 Å². The van der Waals surface area contributed by atoms with Gasteiger partial charge in [0.05, 0.1) is 24.7 Å². The Morgan fingerprint density at radius 3 is 2.39 bits per heavy atom. The number of anilines is 1. The molecule has 0 radical (unpaired) electrons. The number of carbonyl (C=O) groups is 4. The second-order valence-electron chi connectivity index (χ2n) is 12.4. The highest BCUT2D eigenvalue weighted by molar-refractivity contribution is 5.95. The number of likely N-dealkylation sites (N-methyl/N-ethyl adjacent to an activating group) is 1. The van der Waals surface area contributed by atoms with Crippen molar-refractivity contribution < 1.29 is 33.8 Å². The smallest absolute Gasteiger partial charge is 0.417 e. The van der Waals surface area contributed by atoms with E-state index in [1.165, 1.54) is 55.1 Å². The van der Waals surface area contributed by atoms with Crippen molar-refractivity contribution in [2.45, 2.75) is 52.7 Å². The zero-order chi connectivity index (χ0) is 34.3. The third-order valence-corrected chi connectivity index (χ3v) is 6.82. The number of hydrogen-bond donors (Lipinski definition) is 2. The minimum Gasteiger partial charge on any atom is -0.497 e. The Labute approximate surface area is 267 Å². The van der Waals surface area contributed by atoms with Crippen molar-refractivity contribution >= 4 is 40.7 Å². The molecule has 0 aliphatic rings. The van der Waals surface area contributed by atoms with Gasteiger partial charge in [-0.15, -0.1) is 0 Å². The molecule has 0 saturated carbocycles. The number of nitrogens with one attached hydrogen (secondary N) is 1. The van der Waals surface area contributed by atoms with Crippen molar-refractivity contribution in [2.24, 2.45) is 5.41 Å². The van der Waals surface area contributed by atoms with Gasteiger partial charge in [-0.05, 0) is 54.5 Å². The van der Waals surface area contributed by atoms with Gasteiger partial charge in [0.2, 0.25) is 5.91 Å². The Morgan fingerprint density at radius 2 is 1.80 bits per heavy atom. The third kappa shape index (κ3) is 8.96. The molecule has 2 N–H and O–H groups in total. The molecule has 14 heteroatoms. The fourth-order valence-electron chi connectivity index (χ4n) is 4.58. The number of rotatable bonds is 11. The molecule has 0 aliphatic heterocycles. The van der Waals surface area contributed by atoms with Gasteiger partial charge in [0.15, 0.2) is 6.10 Å². The van der Waals surface area contributed by atoms with Crippen LogP contribution >= 0.6 is 0 Å². The van der Waals surface area contributed by atoms with Crippen molar-refractivity contribution in [1.82, 2.24) is 23.9 Å². The first kappa shape index (κ1) is 35.3. The van der Waals surface area contributed by atoms with Crippen LogP contribution in [0.4, 0.5) is 15.3 Å². The summed E-state index contributed by atoms with van der Waals surface area (Å²) in [5.41, 5.74) is 0.749. The van der Waals surface area contributed by atoms with Crippen molar-refractivity contribution in [3.8, 4) is 5.75 Å². The van der Waals surface area contributed by atoms with E-state index in [-0.39, 0.29) is 42.2 Å². The maximum absolute atomic E-state index is 13.5. The number of benzene rings is 1. The molecule has 0 aliphatic carbocycles. The van der Waals surface area contributed by atoms with Crippen molar-refractivity contribution in [1.29, 1.82) is 0 Å². The number of allylic oxidation sites excluding steroid dienone is 1. The Kier molecular flexibility index (Phi) is 11.3. The molecule has 0 bridgehead atoms. The van der Waals surface area contributed by atoms with Crippen LogP contribution < -0.4 is 15.6 Å². The van der Waals surface area contributed by atoms with Gasteiger partial charge in [-0.3, -0.25) is 14.4 Å². The SMILES string of the molecule is COc1cc(CC(C)(C)C)c2nc(Cn3cccc(NC(=O)[C@H](CC/C=C/C(=O)N(C)C)OC(=O)N(C)C)c3=O)n(C(=O)O)c2c1. The van der Waals surface area contributed by atoms with E-state index in [0.29, 0.717) is 23.2 Å². The summed E-state index contributed by atoms with van der Waals surface area (Å²) >= 11 is 0. The molecule has 2 aromatic heterocycles. The van der Waals surface area contributed by atoms with E-state index in [1.54, 1.807) is 26.2 Å². The average Bonchev–Trinajstić information content (AvgIpc) is 3.33. The van der Waals surface area contributed by atoms with E-state index in [4.69, 9.17) is 9.47 Å². The first-order valence-electron chi connectivity index (χ1n) is 14.6. The summed E-state index contributed by atoms with van der Waals surface area (Å²) < 4.78 is 13.0. The van der Waals surface area contributed by atoms with Crippen LogP contribution in [0.25, 0.3) is 11.0 Å². The molecule has 2 heterocycles. The van der Waals surface area contributed by atoms with Crippen LogP contribution in [0.5, 0.6) is 5.75 Å². The maximum atomic E-state index is 13.5. The predicted octanol–water partition coefficient (Wildman–Crippen LogP) is 3.80. The molecule has 1 aromatic carbocycles. The minimum absolute atomic E-state index is 0.0483. The van der Waals surface area contributed by atoms with Gasteiger partial charge in [0, 0.05) is 40.5 Å². The fourth-order valence-corrected chi connectivity index (χ4v) is 4.58. The molecule has 0 fully saturated rings. The standard InChI is InChI=1S/C32H42N6O8/c1-32(2,3)18-20-16-21(45-8)17-23-27(20)34-25(38(23)30(42)43)19-37-15-11-12-22(29(37)41)33-28(40)24(46-31(44)36(6)7)13-9-10-14-26(39)35(4)5/h10-12,14-17,24H,9,13,18-19H2,1-8H3,(H,33,40)(H,42,43)/b14-10+/t24-/m0/s1. The summed E-state index contributed by atoms with van der Waals surface area (Å²) in [4.78, 5) is 70.5. The van der Waals surface area contributed by atoms with E-state index in [1.807, 2.05) is 6.07 Å². The highest BCUT2D eigenvalue weighted by atomic mass is 16.6. The Balaban J connectivity index is 1.94. The van der Waals surface area contributed by atoms with E-state index in [9.17, 15) is 29.1 Å². The van der Waals surface area contributed by atoms with Gasteiger partial charge in [-0.1, -0.05) is 26.8 Å². The number of amides is 3. The summed E-state index contributed by atoms with van der Waals surface area (Å²) in [5.74, 6) is -0.411. The van der Waals surface area contributed by atoms with Crippen LogP contribution in [0, 0.1) is 5.41 Å². The van der Waals surface area contributed by atoms with Gasteiger partial charge >= 0.3 is 12.2 Å². The monoisotopic (exact) mass is 638 g/mol. The molecule has 248 valence electrons. The van der Waals surface area contributed by atoms with Crippen LogP contribution in [0.15, 0.2) is 47.4 Å². The number of aromatic nitrogens is 3. The summed E-state index contributed by atoms with van der Waals surface area (Å²) in [6, 6.07) is 6.33. The van der Waals surface area contributed by atoms with Crippen molar-refractivity contribution in [2.75, 3.05) is 40.6 Å². The topological polar surface area (TPSA) is 165 Å². The Morgan fingerprint density at radius 1 is 1.11 bits per heavy atom. The molecule has 1 atom stereocenters. The van der Waals surface area contributed by atoms with E-state index in [0.717, 1.165) is 15.0 Å². The number of imidazole rings is 1. The summed E-state index contributed by atoms with van der Waals surface area (Å²) in [7, 11) is 7.64. The molecular weight excluding hydrogens is 596 g/mol. The van der Waals surface area contributed by atoms with Crippen LogP contribution in [0.1, 0.15) is 45.0 Å². The lowest BCUT2D eigenvalue weighted by Crippen LogP contribution is -2.37. The molecular formula is C32H42N6O8. The van der Waals surface area contributed by atoms with E-state index in [2.05, 4.69) is 31.1 Å². The summed E-state index contributed by atoms with van der Waals surface area (Å²) in [5, 5.41) is 12.7. The zero-order valence-electron chi connectivity index (χ0n) is 27.5. The second kappa shape index (κ2) is 14.8. The number of fused-ring (bicyclic) bond motifs is 1. The number of pyridine rings is 1. The largest absolute Gasteiger partial charge is 0.497 e. The third-order valence-electron chi connectivity index (χ3n) is 6.82. The number of methoxy groups -OCH3 is 1. The maximum Gasteiger partial charge on any atom is 0.417 e. The van der Waals surface area contributed by atoms with Gasteiger partial charge < -0.3 is 34.3 Å². The fraction of sp³-hybridized carbons (Fsp3) is 0.438. The van der Waals surface area contributed by atoms with Crippen LogP contribution in [-0.4, -0.2) is 94.4 Å². The number of carboxylic acid groups (broad SMARTS) is 1. The lowest BCUT2D eigenvalue weighted by molar-refractivity contribution is -0.125. The highest BCUT2D eigenvalue weighted by Gasteiger charge is 2.26. The van der Waals surface area contributed by atoms with Gasteiger partial charge in [0.1, 0.15) is 17.3 Å². The van der Waals surface area contributed by atoms with Crippen LogP contribution in [0.3, 0.4) is 0 Å². The molecule has 0 unspecified atom stereocenters. The number of hydrogen-bond acceptors (Lipinski definition) is 8. The van der Waals surface area contributed by atoms with Gasteiger partial charge in [-0.25, -0.2) is 19.1 Å². The van der Waals surface area contributed by atoms with Crippen LogP contribution in [-0.2, 0) is 27.3 Å².